The molecule has 1 aromatic carbocycles. The van der Waals surface area contributed by atoms with Gasteiger partial charge in [0.25, 0.3) is 0 Å². The van der Waals surface area contributed by atoms with E-state index in [1.807, 2.05) is 0 Å². The van der Waals surface area contributed by atoms with Gasteiger partial charge in [-0.3, -0.25) is 9.30 Å². The fourth-order valence-electron chi connectivity index (χ4n) is 3.88. The molecule has 0 bridgehead atoms. The van der Waals surface area contributed by atoms with Crippen LogP contribution in [-0.2, 0) is 11.3 Å². The molecule has 2 fully saturated rings. The van der Waals surface area contributed by atoms with Crippen molar-refractivity contribution in [2.24, 2.45) is 0 Å². The molecule has 2 aliphatic heterocycles. The van der Waals surface area contributed by atoms with Crippen molar-refractivity contribution in [3.05, 3.63) is 36.3 Å². The van der Waals surface area contributed by atoms with E-state index in [-0.39, 0.29) is 0 Å². The normalized spacial score (nSPS) is 19.3. The van der Waals surface area contributed by atoms with Crippen LogP contribution in [0.3, 0.4) is 0 Å². The van der Waals surface area contributed by atoms with E-state index in [1.54, 1.807) is 0 Å². The van der Waals surface area contributed by atoms with Crippen molar-refractivity contribution in [1.82, 2.24) is 19.3 Å². The van der Waals surface area contributed by atoms with Gasteiger partial charge in [-0.2, -0.15) is 0 Å². The Labute approximate surface area is 147 Å². The number of benzene rings is 1. The second kappa shape index (κ2) is 6.28. The average Bonchev–Trinajstić information content (AvgIpc) is 3.32. The lowest BCUT2D eigenvalue weighted by molar-refractivity contribution is 0.0329. The predicted molar refractivity (Wildman–Crippen MR) is 98.0 cm³/mol. The lowest BCUT2D eigenvalue weighted by atomic mass is 10.2. The van der Waals surface area contributed by atoms with Gasteiger partial charge in [-0.15, -0.1) is 0 Å². The monoisotopic (exact) mass is 337 g/mol. The summed E-state index contributed by atoms with van der Waals surface area (Å²) in [7, 11) is 0. The highest BCUT2D eigenvalue weighted by molar-refractivity contribution is 5.92. The Morgan fingerprint density at radius 2 is 1.76 bits per heavy atom. The molecule has 0 atom stereocenters. The van der Waals surface area contributed by atoms with Gasteiger partial charge in [0.2, 0.25) is 0 Å². The van der Waals surface area contributed by atoms with E-state index < -0.39 is 0 Å². The predicted octanol–water partition coefficient (Wildman–Crippen LogP) is 2.31. The number of imidazole rings is 1. The molecule has 4 heterocycles. The summed E-state index contributed by atoms with van der Waals surface area (Å²) in [6.45, 7) is 6.58. The molecule has 5 rings (SSSR count). The van der Waals surface area contributed by atoms with Crippen molar-refractivity contribution in [1.29, 1.82) is 0 Å². The second-order valence-electron chi connectivity index (χ2n) is 6.92. The van der Waals surface area contributed by atoms with E-state index in [4.69, 9.17) is 14.7 Å². The fraction of sp³-hybridized carbons (Fsp3) is 0.474. The summed E-state index contributed by atoms with van der Waals surface area (Å²) >= 11 is 0. The van der Waals surface area contributed by atoms with Gasteiger partial charge in [0.05, 0.1) is 31.5 Å². The SMILES string of the molecule is c1ccc2c(c1)nc(CN1CCOCC1)n1cc(N3CCCC3)nc21. The third kappa shape index (κ3) is 2.75. The Morgan fingerprint density at radius 3 is 2.60 bits per heavy atom. The molecule has 130 valence electrons. The van der Waals surface area contributed by atoms with E-state index in [0.29, 0.717) is 0 Å². The molecule has 6 heteroatoms. The zero-order chi connectivity index (χ0) is 16.6. The maximum Gasteiger partial charge on any atom is 0.150 e. The summed E-state index contributed by atoms with van der Waals surface area (Å²) in [6, 6.07) is 8.32. The van der Waals surface area contributed by atoms with Crippen LogP contribution in [0.15, 0.2) is 30.5 Å². The van der Waals surface area contributed by atoms with Crippen molar-refractivity contribution in [2.45, 2.75) is 19.4 Å². The molecule has 0 amide bonds. The van der Waals surface area contributed by atoms with Gasteiger partial charge in [-0.25, -0.2) is 9.97 Å². The number of fused-ring (bicyclic) bond motifs is 3. The molecule has 2 saturated heterocycles. The third-order valence-electron chi connectivity index (χ3n) is 5.26. The summed E-state index contributed by atoms with van der Waals surface area (Å²) in [5, 5.41) is 1.12. The molecule has 0 radical (unpaired) electrons. The van der Waals surface area contributed by atoms with Crippen LogP contribution in [-0.4, -0.2) is 58.7 Å². The lowest BCUT2D eigenvalue weighted by Crippen LogP contribution is -2.36. The molecule has 6 nitrogen and oxygen atoms in total. The molecule has 0 spiro atoms. The van der Waals surface area contributed by atoms with Gasteiger partial charge in [0, 0.05) is 31.6 Å². The Hall–Kier alpha value is -2.18. The molecule has 0 saturated carbocycles. The molecule has 0 N–H and O–H groups in total. The molecule has 25 heavy (non-hydrogen) atoms. The average molecular weight is 337 g/mol. The van der Waals surface area contributed by atoms with Crippen LogP contribution < -0.4 is 4.90 Å². The van der Waals surface area contributed by atoms with Crippen LogP contribution in [0.1, 0.15) is 18.7 Å². The van der Waals surface area contributed by atoms with Gasteiger partial charge < -0.3 is 9.64 Å². The highest BCUT2D eigenvalue weighted by atomic mass is 16.5. The first-order valence-electron chi connectivity index (χ1n) is 9.20. The maximum atomic E-state index is 5.48. The van der Waals surface area contributed by atoms with Crippen molar-refractivity contribution in [3.8, 4) is 0 Å². The van der Waals surface area contributed by atoms with Crippen LogP contribution in [0.4, 0.5) is 5.82 Å². The quantitative estimate of drug-likeness (QED) is 0.734. The maximum absolute atomic E-state index is 5.48. The Kier molecular flexibility index (Phi) is 3.79. The molecular weight excluding hydrogens is 314 g/mol. The van der Waals surface area contributed by atoms with Crippen LogP contribution in [0.25, 0.3) is 16.6 Å². The summed E-state index contributed by atoms with van der Waals surface area (Å²) in [6.07, 6.45) is 4.69. The number of ether oxygens (including phenoxy) is 1. The minimum absolute atomic E-state index is 0.805. The van der Waals surface area contributed by atoms with Gasteiger partial charge in [-0.05, 0) is 25.0 Å². The molecular formula is C19H23N5O. The number of hydrogen-bond acceptors (Lipinski definition) is 5. The summed E-state index contributed by atoms with van der Waals surface area (Å²) in [5.74, 6) is 2.15. The van der Waals surface area contributed by atoms with E-state index in [0.717, 1.165) is 74.1 Å². The standard InChI is InChI=1S/C19H23N5O/c1-2-6-16-15(5-1)19-21-17(23-7-3-4-8-23)14-24(19)18(20-16)13-22-9-11-25-12-10-22/h1-2,5-6,14H,3-4,7-13H2. The first kappa shape index (κ1) is 15.1. The first-order valence-corrected chi connectivity index (χ1v) is 9.20. The number of para-hydroxylation sites is 1. The van der Waals surface area contributed by atoms with Crippen LogP contribution in [0, 0.1) is 0 Å². The van der Waals surface area contributed by atoms with Crippen molar-refractivity contribution in [3.63, 3.8) is 0 Å². The van der Waals surface area contributed by atoms with Gasteiger partial charge >= 0.3 is 0 Å². The number of nitrogens with zero attached hydrogens (tertiary/aromatic N) is 5. The minimum atomic E-state index is 0.805. The van der Waals surface area contributed by atoms with E-state index in [9.17, 15) is 0 Å². The highest BCUT2D eigenvalue weighted by Gasteiger charge is 2.20. The summed E-state index contributed by atoms with van der Waals surface area (Å²) in [5.41, 5.74) is 2.05. The van der Waals surface area contributed by atoms with Gasteiger partial charge in [0.15, 0.2) is 0 Å². The fourth-order valence-corrected chi connectivity index (χ4v) is 3.88. The lowest BCUT2D eigenvalue weighted by Gasteiger charge is -2.26. The van der Waals surface area contributed by atoms with Gasteiger partial charge in [0.1, 0.15) is 17.3 Å². The molecule has 0 aliphatic carbocycles. The summed E-state index contributed by atoms with van der Waals surface area (Å²) < 4.78 is 7.68. The molecule has 2 aromatic heterocycles. The Bertz CT molecular complexity index is 893. The van der Waals surface area contributed by atoms with E-state index in [1.165, 1.54) is 12.8 Å². The Morgan fingerprint density at radius 1 is 0.960 bits per heavy atom. The van der Waals surface area contributed by atoms with E-state index >= 15 is 0 Å². The van der Waals surface area contributed by atoms with Crippen LogP contribution in [0.2, 0.25) is 0 Å². The van der Waals surface area contributed by atoms with Crippen LogP contribution >= 0.6 is 0 Å². The van der Waals surface area contributed by atoms with Crippen LogP contribution in [0.5, 0.6) is 0 Å². The molecule has 0 unspecified atom stereocenters. The topological polar surface area (TPSA) is 45.9 Å². The number of aromatic nitrogens is 3. The molecule has 3 aromatic rings. The second-order valence-corrected chi connectivity index (χ2v) is 6.92. The third-order valence-corrected chi connectivity index (χ3v) is 5.26. The largest absolute Gasteiger partial charge is 0.379 e. The zero-order valence-corrected chi connectivity index (χ0v) is 14.4. The van der Waals surface area contributed by atoms with Gasteiger partial charge in [-0.1, -0.05) is 12.1 Å². The summed E-state index contributed by atoms with van der Waals surface area (Å²) in [4.78, 5) is 14.7. The number of anilines is 1. The zero-order valence-electron chi connectivity index (χ0n) is 14.4. The van der Waals surface area contributed by atoms with Crippen molar-refractivity contribution >= 4 is 22.4 Å². The molecule has 2 aliphatic rings. The van der Waals surface area contributed by atoms with Crippen molar-refractivity contribution in [2.75, 3.05) is 44.3 Å². The number of morpholine rings is 1. The highest BCUT2D eigenvalue weighted by Crippen LogP contribution is 2.25. The van der Waals surface area contributed by atoms with Crippen molar-refractivity contribution < 1.29 is 4.74 Å². The van der Waals surface area contributed by atoms with E-state index in [2.05, 4.69) is 44.7 Å². The first-order chi connectivity index (χ1) is 12.4. The smallest absolute Gasteiger partial charge is 0.150 e. The minimum Gasteiger partial charge on any atom is -0.379 e. The Balaban J connectivity index is 1.62. The number of hydrogen-bond donors (Lipinski definition) is 0. The number of rotatable bonds is 3.